The summed E-state index contributed by atoms with van der Waals surface area (Å²) in [5.74, 6) is 0.135. The topological polar surface area (TPSA) is 79.0 Å². The number of amides is 2. The van der Waals surface area contributed by atoms with E-state index >= 15 is 0 Å². The molecule has 6 nitrogen and oxygen atoms in total. The maximum absolute atomic E-state index is 13.2. The molecule has 1 atom stereocenters. The Morgan fingerprint density at radius 1 is 1.12 bits per heavy atom. The molecule has 2 N–H and O–H groups in total. The van der Waals surface area contributed by atoms with Crippen molar-refractivity contribution in [3.8, 4) is 0 Å². The van der Waals surface area contributed by atoms with Crippen LogP contribution >= 0.6 is 15.9 Å². The highest BCUT2D eigenvalue weighted by Crippen LogP contribution is 2.33. The van der Waals surface area contributed by atoms with Gasteiger partial charge in [-0.3, -0.25) is 14.5 Å². The third kappa shape index (κ3) is 5.04. The monoisotopic (exact) mass is 498 g/mol. The summed E-state index contributed by atoms with van der Waals surface area (Å²) in [6.07, 6.45) is 2.44. The lowest BCUT2D eigenvalue weighted by Gasteiger charge is -2.23. The van der Waals surface area contributed by atoms with Crippen molar-refractivity contribution in [2.45, 2.75) is 45.6 Å². The average molecular weight is 499 g/mol. The first kappa shape index (κ1) is 24.0. The SMILES string of the molecule is CCCN(CCC)C(=O)c1cccc(CCN2C(=O)C(C)(c3cccc(Br)c3)N=C2N)c1. The third-order valence-electron chi connectivity index (χ3n) is 5.74. The van der Waals surface area contributed by atoms with Gasteiger partial charge in [-0.15, -0.1) is 0 Å². The van der Waals surface area contributed by atoms with E-state index in [1.54, 1.807) is 6.92 Å². The van der Waals surface area contributed by atoms with Crippen molar-refractivity contribution in [1.82, 2.24) is 9.80 Å². The minimum atomic E-state index is -1.04. The number of nitrogens with zero attached hydrogens (tertiary/aromatic N) is 3. The second-order valence-electron chi connectivity index (χ2n) is 8.25. The fourth-order valence-corrected chi connectivity index (χ4v) is 4.44. The normalized spacial score (nSPS) is 18.1. The molecule has 0 radical (unpaired) electrons. The molecule has 0 fully saturated rings. The molecule has 1 unspecified atom stereocenters. The van der Waals surface area contributed by atoms with Gasteiger partial charge in [-0.25, -0.2) is 4.99 Å². The lowest BCUT2D eigenvalue weighted by Crippen LogP contribution is -2.43. The van der Waals surface area contributed by atoms with Crippen LogP contribution in [0.25, 0.3) is 0 Å². The molecule has 0 aromatic heterocycles. The van der Waals surface area contributed by atoms with Crippen LogP contribution in [0.5, 0.6) is 0 Å². The van der Waals surface area contributed by atoms with Gasteiger partial charge in [0.25, 0.3) is 11.8 Å². The predicted octanol–water partition coefficient (Wildman–Crippen LogP) is 4.33. The summed E-state index contributed by atoms with van der Waals surface area (Å²) < 4.78 is 0.887. The van der Waals surface area contributed by atoms with Crippen molar-refractivity contribution in [1.29, 1.82) is 0 Å². The van der Waals surface area contributed by atoms with E-state index in [9.17, 15) is 9.59 Å². The van der Waals surface area contributed by atoms with Crippen molar-refractivity contribution in [3.63, 3.8) is 0 Å². The maximum atomic E-state index is 13.2. The molecule has 0 spiro atoms. The van der Waals surface area contributed by atoms with E-state index in [0.29, 0.717) is 18.5 Å². The zero-order valence-corrected chi connectivity index (χ0v) is 20.6. The van der Waals surface area contributed by atoms with Crippen LogP contribution in [-0.2, 0) is 16.8 Å². The van der Waals surface area contributed by atoms with Gasteiger partial charge in [0.1, 0.15) is 0 Å². The van der Waals surface area contributed by atoms with Crippen molar-refractivity contribution >= 4 is 33.7 Å². The standard InChI is InChI=1S/C25H31BrN4O2/c1-4-13-29(14-5-2)22(31)19-9-6-8-18(16-19)12-15-30-23(32)25(3,28-24(30)27)20-10-7-11-21(26)17-20/h6-11,16-17H,4-5,12-15H2,1-3H3,(H2,27,28). The number of nitrogens with two attached hydrogens (primary N) is 1. The summed E-state index contributed by atoms with van der Waals surface area (Å²) in [5.41, 5.74) is 7.57. The van der Waals surface area contributed by atoms with E-state index < -0.39 is 5.54 Å². The molecule has 1 heterocycles. The van der Waals surface area contributed by atoms with Gasteiger partial charge in [-0.1, -0.05) is 54.0 Å². The highest BCUT2D eigenvalue weighted by Gasteiger charge is 2.45. The van der Waals surface area contributed by atoms with E-state index in [2.05, 4.69) is 34.8 Å². The first-order valence-electron chi connectivity index (χ1n) is 11.1. The van der Waals surface area contributed by atoms with Crippen LogP contribution < -0.4 is 5.73 Å². The first-order valence-corrected chi connectivity index (χ1v) is 11.9. The van der Waals surface area contributed by atoms with E-state index in [4.69, 9.17) is 5.73 Å². The number of benzene rings is 2. The van der Waals surface area contributed by atoms with Crippen molar-refractivity contribution < 1.29 is 9.59 Å². The molecule has 3 rings (SSSR count). The molecule has 0 bridgehead atoms. The van der Waals surface area contributed by atoms with Crippen molar-refractivity contribution in [3.05, 3.63) is 69.7 Å². The smallest absolute Gasteiger partial charge is 0.261 e. The minimum Gasteiger partial charge on any atom is -0.369 e. The minimum absolute atomic E-state index is 0.0519. The Labute approximate surface area is 198 Å². The van der Waals surface area contributed by atoms with Gasteiger partial charge >= 0.3 is 0 Å². The molecule has 32 heavy (non-hydrogen) atoms. The summed E-state index contributed by atoms with van der Waals surface area (Å²) in [5, 5.41) is 0. The van der Waals surface area contributed by atoms with Crippen LogP contribution in [0, 0.1) is 0 Å². The number of guanidine groups is 1. The van der Waals surface area contributed by atoms with Gasteiger partial charge in [0.2, 0.25) is 0 Å². The number of rotatable bonds is 9. The predicted molar refractivity (Wildman–Crippen MR) is 131 cm³/mol. The third-order valence-corrected chi connectivity index (χ3v) is 6.23. The largest absolute Gasteiger partial charge is 0.369 e. The molecule has 0 saturated heterocycles. The average Bonchev–Trinajstić information content (AvgIpc) is 3.00. The Morgan fingerprint density at radius 2 is 1.81 bits per heavy atom. The van der Waals surface area contributed by atoms with Gasteiger partial charge < -0.3 is 10.6 Å². The maximum Gasteiger partial charge on any atom is 0.261 e. The molecule has 0 saturated carbocycles. The number of hydrogen-bond donors (Lipinski definition) is 1. The highest BCUT2D eigenvalue weighted by atomic mass is 79.9. The van der Waals surface area contributed by atoms with Crippen LogP contribution in [0.4, 0.5) is 0 Å². The second-order valence-corrected chi connectivity index (χ2v) is 9.17. The quantitative estimate of drug-likeness (QED) is 0.558. The van der Waals surface area contributed by atoms with Crippen LogP contribution in [0.1, 0.15) is 55.1 Å². The molecule has 7 heteroatoms. The van der Waals surface area contributed by atoms with Gasteiger partial charge in [-0.05, 0) is 61.6 Å². The van der Waals surface area contributed by atoms with E-state index in [1.165, 1.54) is 4.90 Å². The lowest BCUT2D eigenvalue weighted by atomic mass is 9.92. The molecule has 2 amide bonds. The Hall–Kier alpha value is -2.67. The Balaban J connectivity index is 1.72. The van der Waals surface area contributed by atoms with Gasteiger partial charge in [0.05, 0.1) is 0 Å². The summed E-state index contributed by atoms with van der Waals surface area (Å²) in [6, 6.07) is 15.2. The van der Waals surface area contributed by atoms with Crippen LogP contribution in [0.15, 0.2) is 58.0 Å². The lowest BCUT2D eigenvalue weighted by molar-refractivity contribution is -0.130. The van der Waals surface area contributed by atoms with Gasteiger partial charge in [0, 0.05) is 29.7 Å². The number of carbonyl (C=O) groups is 2. The molecule has 2 aromatic carbocycles. The first-order chi connectivity index (χ1) is 15.3. The summed E-state index contributed by atoms with van der Waals surface area (Å²) in [4.78, 5) is 34.1. The molecule has 0 aliphatic carbocycles. The van der Waals surface area contributed by atoms with E-state index in [1.807, 2.05) is 53.4 Å². The van der Waals surface area contributed by atoms with Crippen LogP contribution in [0.3, 0.4) is 0 Å². The number of aliphatic imine (C=N–C) groups is 1. The molecular formula is C25H31BrN4O2. The summed E-state index contributed by atoms with van der Waals surface area (Å²) in [7, 11) is 0. The van der Waals surface area contributed by atoms with Gasteiger partial charge in [-0.2, -0.15) is 0 Å². The summed E-state index contributed by atoms with van der Waals surface area (Å²) in [6.45, 7) is 7.85. The molecule has 2 aromatic rings. The fourth-order valence-electron chi connectivity index (χ4n) is 4.04. The van der Waals surface area contributed by atoms with Crippen LogP contribution in [-0.4, -0.2) is 47.2 Å². The van der Waals surface area contributed by atoms with E-state index in [-0.39, 0.29) is 17.8 Å². The summed E-state index contributed by atoms with van der Waals surface area (Å²) >= 11 is 3.46. The van der Waals surface area contributed by atoms with Crippen LogP contribution in [0.2, 0.25) is 0 Å². The zero-order valence-electron chi connectivity index (χ0n) is 19.0. The highest BCUT2D eigenvalue weighted by molar-refractivity contribution is 9.10. The Kier molecular flexibility index (Phi) is 7.72. The second kappa shape index (κ2) is 10.3. The Morgan fingerprint density at radius 3 is 2.47 bits per heavy atom. The van der Waals surface area contributed by atoms with Crippen molar-refractivity contribution in [2.24, 2.45) is 10.7 Å². The number of halogens is 1. The van der Waals surface area contributed by atoms with Crippen molar-refractivity contribution in [2.75, 3.05) is 19.6 Å². The number of hydrogen-bond acceptors (Lipinski definition) is 4. The molecule has 1 aliphatic heterocycles. The van der Waals surface area contributed by atoms with E-state index in [0.717, 1.165) is 41.5 Å². The molecular weight excluding hydrogens is 468 g/mol. The molecule has 170 valence electrons. The Bertz CT molecular complexity index is 1020. The zero-order chi connectivity index (χ0) is 23.3. The number of carbonyl (C=O) groups excluding carboxylic acids is 2. The van der Waals surface area contributed by atoms with Gasteiger partial charge in [0.15, 0.2) is 11.5 Å². The fraction of sp³-hybridized carbons (Fsp3) is 0.400. The molecule has 1 aliphatic rings.